The van der Waals surface area contributed by atoms with Gasteiger partial charge in [-0.25, -0.2) is 0 Å². The maximum absolute atomic E-state index is 12.4. The fourth-order valence-electron chi connectivity index (χ4n) is 4.34. The number of nitrogens with one attached hydrogen (secondary N) is 3. The maximum atomic E-state index is 12.4. The second kappa shape index (κ2) is 10.1. The van der Waals surface area contributed by atoms with Crippen molar-refractivity contribution in [2.75, 3.05) is 20.2 Å². The van der Waals surface area contributed by atoms with Crippen LogP contribution in [0.15, 0.2) is 41.8 Å². The quantitative estimate of drug-likeness (QED) is 0.559. The molecule has 0 spiro atoms. The fraction of sp³-hybridized carbons (Fsp3) is 0.435. The predicted molar refractivity (Wildman–Crippen MR) is 122 cm³/mol. The van der Waals surface area contributed by atoms with Crippen LogP contribution in [0, 0.1) is 0 Å². The molecular weight excluding hydrogens is 428 g/mol. The Labute approximate surface area is 191 Å². The summed E-state index contributed by atoms with van der Waals surface area (Å²) in [5, 5.41) is 10.8. The van der Waals surface area contributed by atoms with Crippen molar-refractivity contribution in [3.8, 4) is 5.75 Å². The van der Waals surface area contributed by atoms with E-state index in [9.17, 15) is 14.4 Å². The number of hydrogen-bond donors (Lipinski definition) is 3. The van der Waals surface area contributed by atoms with E-state index >= 15 is 0 Å². The second-order valence-electron chi connectivity index (χ2n) is 8.16. The van der Waals surface area contributed by atoms with E-state index < -0.39 is 0 Å². The van der Waals surface area contributed by atoms with Gasteiger partial charge in [0.05, 0.1) is 18.0 Å². The lowest BCUT2D eigenvalue weighted by molar-refractivity contribution is -0.129. The Morgan fingerprint density at radius 3 is 2.78 bits per heavy atom. The Morgan fingerprint density at radius 2 is 2.06 bits per heavy atom. The van der Waals surface area contributed by atoms with Gasteiger partial charge in [-0.1, -0.05) is 18.2 Å². The Kier molecular flexibility index (Phi) is 7.06. The topological polar surface area (TPSA) is 99.8 Å². The number of methoxy groups -OCH3 is 1. The van der Waals surface area contributed by atoms with Gasteiger partial charge < -0.3 is 20.7 Å². The number of fused-ring (bicyclic) bond motifs is 1. The molecule has 0 radical (unpaired) electrons. The van der Waals surface area contributed by atoms with Crippen LogP contribution in [-0.4, -0.2) is 60.9 Å². The van der Waals surface area contributed by atoms with E-state index in [0.29, 0.717) is 43.8 Å². The molecule has 2 aliphatic rings. The first-order chi connectivity index (χ1) is 15.5. The average Bonchev–Trinajstić information content (AvgIpc) is 3.48. The number of rotatable bonds is 8. The van der Waals surface area contributed by atoms with Crippen LogP contribution in [-0.2, 0) is 16.1 Å². The third-order valence-electron chi connectivity index (χ3n) is 6.06. The summed E-state index contributed by atoms with van der Waals surface area (Å²) >= 11 is 1.40. The third kappa shape index (κ3) is 5.28. The first kappa shape index (κ1) is 22.3. The zero-order chi connectivity index (χ0) is 22.5. The summed E-state index contributed by atoms with van der Waals surface area (Å²) in [6, 6.07) is 11.0. The van der Waals surface area contributed by atoms with Gasteiger partial charge in [-0.2, -0.15) is 0 Å². The lowest BCUT2D eigenvalue weighted by Crippen LogP contribution is -2.58. The monoisotopic (exact) mass is 456 g/mol. The second-order valence-corrected chi connectivity index (χ2v) is 9.11. The summed E-state index contributed by atoms with van der Waals surface area (Å²) in [6.45, 7) is 1.60. The first-order valence-corrected chi connectivity index (χ1v) is 11.7. The van der Waals surface area contributed by atoms with Crippen LogP contribution in [0.3, 0.4) is 0 Å². The normalized spacial score (nSPS) is 22.7. The van der Waals surface area contributed by atoms with Crippen LogP contribution in [0.2, 0.25) is 0 Å². The van der Waals surface area contributed by atoms with Crippen LogP contribution in [0.1, 0.15) is 34.5 Å². The van der Waals surface area contributed by atoms with E-state index in [2.05, 4.69) is 20.9 Å². The number of nitrogens with zero attached hydrogens (tertiary/aromatic N) is 1. The number of hydrogen-bond acceptors (Lipinski definition) is 6. The Balaban J connectivity index is 1.26. The van der Waals surface area contributed by atoms with Crippen LogP contribution < -0.4 is 20.7 Å². The summed E-state index contributed by atoms with van der Waals surface area (Å²) in [4.78, 5) is 40.0. The van der Waals surface area contributed by atoms with Crippen molar-refractivity contribution in [3.05, 3.63) is 52.2 Å². The minimum atomic E-state index is -0.259. The van der Waals surface area contributed by atoms with Gasteiger partial charge in [-0.3, -0.25) is 19.3 Å². The van der Waals surface area contributed by atoms with E-state index in [1.165, 1.54) is 11.3 Å². The molecule has 8 nitrogen and oxygen atoms in total. The number of carbonyl (C=O) groups excluding carboxylic acids is 3. The molecule has 32 heavy (non-hydrogen) atoms. The van der Waals surface area contributed by atoms with Gasteiger partial charge in [0, 0.05) is 38.1 Å². The number of benzene rings is 1. The minimum Gasteiger partial charge on any atom is -0.497 e. The highest BCUT2D eigenvalue weighted by Crippen LogP contribution is 2.26. The average molecular weight is 457 g/mol. The lowest BCUT2D eigenvalue weighted by atomic mass is 10.0. The summed E-state index contributed by atoms with van der Waals surface area (Å²) in [5.74, 6) is 0.665. The molecule has 1 aromatic heterocycles. The summed E-state index contributed by atoms with van der Waals surface area (Å²) in [6.07, 6.45) is 1.62. The summed E-state index contributed by atoms with van der Waals surface area (Å²) in [7, 11) is 1.62. The minimum absolute atomic E-state index is 0.00178. The van der Waals surface area contributed by atoms with E-state index in [1.54, 1.807) is 13.2 Å². The Hall–Kier alpha value is -2.91. The molecule has 1 aromatic carbocycles. The zero-order valence-corrected chi connectivity index (χ0v) is 18.8. The van der Waals surface area contributed by atoms with E-state index in [4.69, 9.17) is 4.74 Å². The zero-order valence-electron chi connectivity index (χ0n) is 18.0. The van der Waals surface area contributed by atoms with Gasteiger partial charge in [0.25, 0.3) is 5.91 Å². The predicted octanol–water partition coefficient (Wildman–Crippen LogP) is 1.52. The number of piperazine rings is 1. The van der Waals surface area contributed by atoms with Crippen LogP contribution in [0.25, 0.3) is 0 Å². The van der Waals surface area contributed by atoms with Crippen molar-refractivity contribution in [1.29, 1.82) is 0 Å². The highest BCUT2D eigenvalue weighted by Gasteiger charge is 2.43. The van der Waals surface area contributed by atoms with Gasteiger partial charge >= 0.3 is 0 Å². The molecule has 2 aromatic rings. The van der Waals surface area contributed by atoms with E-state index in [1.807, 2.05) is 35.7 Å². The molecule has 0 unspecified atom stereocenters. The molecule has 4 rings (SSSR count). The molecule has 9 heteroatoms. The largest absolute Gasteiger partial charge is 0.497 e. The smallest absolute Gasteiger partial charge is 0.261 e. The van der Waals surface area contributed by atoms with E-state index in [-0.39, 0.29) is 35.8 Å². The molecule has 2 fully saturated rings. The molecule has 3 atom stereocenters. The summed E-state index contributed by atoms with van der Waals surface area (Å²) < 4.78 is 5.15. The molecule has 2 saturated heterocycles. The van der Waals surface area contributed by atoms with Crippen LogP contribution in [0.4, 0.5) is 0 Å². The van der Waals surface area contributed by atoms with Gasteiger partial charge in [-0.15, -0.1) is 11.3 Å². The highest BCUT2D eigenvalue weighted by molar-refractivity contribution is 7.12. The first-order valence-electron chi connectivity index (χ1n) is 10.8. The number of amides is 3. The highest BCUT2D eigenvalue weighted by atomic mass is 32.1. The number of thiophene rings is 1. The van der Waals surface area contributed by atoms with Gasteiger partial charge in [0.2, 0.25) is 11.8 Å². The molecule has 170 valence electrons. The lowest BCUT2D eigenvalue weighted by Gasteiger charge is -2.37. The Bertz CT molecular complexity index is 947. The van der Waals surface area contributed by atoms with Crippen molar-refractivity contribution >= 4 is 29.1 Å². The van der Waals surface area contributed by atoms with Gasteiger partial charge in [-0.05, 0) is 42.0 Å². The number of carbonyl (C=O) groups is 3. The number of ether oxygens (including phenoxy) is 1. The van der Waals surface area contributed by atoms with Crippen molar-refractivity contribution in [1.82, 2.24) is 20.9 Å². The van der Waals surface area contributed by atoms with Crippen molar-refractivity contribution in [3.63, 3.8) is 0 Å². The Morgan fingerprint density at radius 1 is 1.25 bits per heavy atom. The molecule has 3 N–H and O–H groups in total. The van der Waals surface area contributed by atoms with Gasteiger partial charge in [0.15, 0.2) is 0 Å². The molecular formula is C23H28N4O4S. The van der Waals surface area contributed by atoms with E-state index in [0.717, 1.165) is 11.3 Å². The van der Waals surface area contributed by atoms with Gasteiger partial charge in [0.1, 0.15) is 5.75 Å². The van der Waals surface area contributed by atoms with Crippen molar-refractivity contribution < 1.29 is 19.1 Å². The van der Waals surface area contributed by atoms with Crippen LogP contribution >= 0.6 is 11.3 Å². The molecule has 2 aliphatic heterocycles. The molecule has 3 amide bonds. The van der Waals surface area contributed by atoms with Crippen molar-refractivity contribution in [2.45, 2.75) is 43.9 Å². The third-order valence-corrected chi connectivity index (χ3v) is 6.93. The van der Waals surface area contributed by atoms with Crippen molar-refractivity contribution in [2.24, 2.45) is 0 Å². The molecule has 0 bridgehead atoms. The van der Waals surface area contributed by atoms with Crippen LogP contribution in [0.5, 0.6) is 5.75 Å². The molecule has 3 heterocycles. The molecule has 0 saturated carbocycles. The SMILES string of the molecule is COc1ccc(CNC(=O)CC[C@@H]2CNC(=O)[C@@H]3C[C@H](NC(=O)c4cccs4)CN23)cc1. The summed E-state index contributed by atoms with van der Waals surface area (Å²) in [5.41, 5.74) is 1.01. The fourth-order valence-corrected chi connectivity index (χ4v) is 4.97. The maximum Gasteiger partial charge on any atom is 0.261 e. The molecule has 0 aliphatic carbocycles. The standard InChI is InChI=1S/C23H28N4O4S/c1-31-18-7-4-15(5-8-18)12-24-21(28)9-6-17-13-25-22(29)19-11-16(14-27(17)19)26-23(30)20-3-2-10-32-20/h2-5,7-8,10,16-17,19H,6,9,11-14H2,1H3,(H,24,28)(H,25,29)(H,26,30)/t16-,17+,19-/m0/s1.